The molecule has 1 fully saturated rings. The molecule has 0 saturated heterocycles. The van der Waals surface area contributed by atoms with E-state index in [0.717, 1.165) is 41.5 Å². The molecule has 0 amide bonds. The van der Waals surface area contributed by atoms with Gasteiger partial charge in [-0.15, -0.1) is 0 Å². The highest BCUT2D eigenvalue weighted by atomic mass is 19.1. The number of hydrogen-bond acceptors (Lipinski definition) is 3. The van der Waals surface area contributed by atoms with E-state index in [2.05, 4.69) is 19.9 Å². The van der Waals surface area contributed by atoms with Crippen LogP contribution in [0.5, 0.6) is 11.5 Å². The number of rotatable bonds is 10. The molecule has 0 heterocycles. The minimum absolute atomic E-state index is 0.0653. The van der Waals surface area contributed by atoms with Gasteiger partial charge in [0.2, 0.25) is 0 Å². The SMILES string of the molecule is CCC(C)(CC(=O)O)c1cccc(OCc2ccc(-c3cc(OC)ccc3F)c([C@H]3CCCC3(C)C)c2)c1. The van der Waals surface area contributed by atoms with E-state index in [0.29, 0.717) is 36.0 Å². The third kappa shape index (κ3) is 5.87. The van der Waals surface area contributed by atoms with Crippen LogP contribution in [0.25, 0.3) is 11.1 Å². The van der Waals surface area contributed by atoms with E-state index in [1.165, 1.54) is 6.07 Å². The van der Waals surface area contributed by atoms with Gasteiger partial charge in [-0.1, -0.05) is 64.4 Å². The number of halogens is 1. The molecule has 4 rings (SSSR count). The van der Waals surface area contributed by atoms with Gasteiger partial charge < -0.3 is 14.6 Å². The van der Waals surface area contributed by atoms with Crippen molar-refractivity contribution in [2.24, 2.45) is 5.41 Å². The van der Waals surface area contributed by atoms with Crippen LogP contribution in [0, 0.1) is 11.2 Å². The fraction of sp³-hybridized carbons (Fsp3) is 0.424. The summed E-state index contributed by atoms with van der Waals surface area (Å²) < 4.78 is 26.7. The van der Waals surface area contributed by atoms with E-state index >= 15 is 4.39 Å². The number of ether oxygens (including phenoxy) is 2. The zero-order valence-electron chi connectivity index (χ0n) is 23.1. The predicted octanol–water partition coefficient (Wildman–Crippen LogP) is 8.52. The highest BCUT2D eigenvalue weighted by molar-refractivity contribution is 5.71. The van der Waals surface area contributed by atoms with Crippen molar-refractivity contribution in [3.05, 3.63) is 83.2 Å². The Morgan fingerprint density at radius 3 is 2.53 bits per heavy atom. The van der Waals surface area contributed by atoms with E-state index in [9.17, 15) is 9.90 Å². The quantitative estimate of drug-likeness (QED) is 0.292. The summed E-state index contributed by atoms with van der Waals surface area (Å²) in [5.74, 6) is 0.581. The molecular weight excluding hydrogens is 479 g/mol. The summed E-state index contributed by atoms with van der Waals surface area (Å²) in [6.07, 6.45) is 4.13. The van der Waals surface area contributed by atoms with Gasteiger partial charge in [-0.05, 0) is 83.2 Å². The largest absolute Gasteiger partial charge is 0.497 e. The Hall–Kier alpha value is -3.34. The molecule has 1 aliphatic carbocycles. The van der Waals surface area contributed by atoms with E-state index in [1.54, 1.807) is 19.2 Å². The third-order valence-corrected chi connectivity index (χ3v) is 8.47. The maximum atomic E-state index is 15.0. The van der Waals surface area contributed by atoms with Crippen LogP contribution in [0.4, 0.5) is 4.39 Å². The number of benzene rings is 3. The van der Waals surface area contributed by atoms with Crippen LogP contribution < -0.4 is 9.47 Å². The Morgan fingerprint density at radius 2 is 1.87 bits per heavy atom. The van der Waals surface area contributed by atoms with Crippen LogP contribution in [-0.4, -0.2) is 18.2 Å². The molecular formula is C33H39FO4. The molecule has 4 nitrogen and oxygen atoms in total. The number of hydrogen-bond donors (Lipinski definition) is 1. The Kier molecular flexibility index (Phi) is 8.15. The minimum atomic E-state index is -0.810. The second-order valence-electron chi connectivity index (χ2n) is 11.5. The van der Waals surface area contributed by atoms with Crippen LogP contribution >= 0.6 is 0 Å². The van der Waals surface area contributed by atoms with Crippen molar-refractivity contribution >= 4 is 5.97 Å². The topological polar surface area (TPSA) is 55.8 Å². The molecule has 0 spiro atoms. The van der Waals surface area contributed by atoms with Gasteiger partial charge in [-0.2, -0.15) is 0 Å². The summed E-state index contributed by atoms with van der Waals surface area (Å²) in [4.78, 5) is 11.5. The van der Waals surface area contributed by atoms with Crippen molar-refractivity contribution in [2.75, 3.05) is 7.11 Å². The monoisotopic (exact) mass is 518 g/mol. The summed E-state index contributed by atoms with van der Waals surface area (Å²) in [5.41, 5.74) is 4.23. The third-order valence-electron chi connectivity index (χ3n) is 8.47. The first-order valence-electron chi connectivity index (χ1n) is 13.5. The van der Waals surface area contributed by atoms with Gasteiger partial charge in [-0.3, -0.25) is 4.79 Å². The molecule has 0 bridgehead atoms. The standard InChI is InChI=1S/C33H39FO4/c1-6-33(4,20-31(35)36)23-9-7-10-25(18-23)38-21-22-12-14-26(28-19-24(37-5)13-15-30(28)34)27(17-22)29-11-8-16-32(29,2)3/h7,9-10,12-15,17-19,29H,6,8,11,16,20-21H2,1-5H3,(H,35,36)/t29-,33?/m1/s1. The summed E-state index contributed by atoms with van der Waals surface area (Å²) in [5, 5.41) is 9.40. The Balaban J connectivity index is 1.66. The van der Waals surface area contributed by atoms with Crippen molar-refractivity contribution in [3.63, 3.8) is 0 Å². The molecule has 1 saturated carbocycles. The van der Waals surface area contributed by atoms with Gasteiger partial charge >= 0.3 is 5.97 Å². The molecule has 3 aromatic rings. The van der Waals surface area contributed by atoms with E-state index in [-0.39, 0.29) is 17.7 Å². The predicted molar refractivity (Wildman–Crippen MR) is 149 cm³/mol. The molecule has 1 aliphatic rings. The Labute approximate surface area is 225 Å². The van der Waals surface area contributed by atoms with E-state index in [1.807, 2.05) is 50.2 Å². The minimum Gasteiger partial charge on any atom is -0.497 e. The Bertz CT molecular complexity index is 1300. The lowest BCUT2D eigenvalue weighted by molar-refractivity contribution is -0.138. The Morgan fingerprint density at radius 1 is 1.08 bits per heavy atom. The van der Waals surface area contributed by atoms with E-state index < -0.39 is 11.4 Å². The fourth-order valence-corrected chi connectivity index (χ4v) is 5.87. The lowest BCUT2D eigenvalue weighted by Crippen LogP contribution is -2.24. The second-order valence-corrected chi connectivity index (χ2v) is 11.5. The number of aliphatic carboxylic acids is 1. The second kappa shape index (κ2) is 11.2. The van der Waals surface area contributed by atoms with Crippen LogP contribution in [0.1, 0.15) is 82.4 Å². The highest BCUT2D eigenvalue weighted by Gasteiger charge is 2.37. The molecule has 1 N–H and O–H groups in total. The summed E-state index contributed by atoms with van der Waals surface area (Å²) in [7, 11) is 1.60. The lowest BCUT2D eigenvalue weighted by Gasteiger charge is -2.30. The summed E-state index contributed by atoms with van der Waals surface area (Å²) in [6.45, 7) is 8.95. The normalized spacial score (nSPS) is 18.1. The number of carboxylic acids is 1. The summed E-state index contributed by atoms with van der Waals surface area (Å²) in [6, 6.07) is 18.8. The first-order valence-corrected chi connectivity index (χ1v) is 13.5. The number of methoxy groups -OCH3 is 1. The molecule has 5 heteroatoms. The van der Waals surface area contributed by atoms with Crippen molar-refractivity contribution in [1.29, 1.82) is 0 Å². The molecule has 1 unspecified atom stereocenters. The first-order chi connectivity index (χ1) is 18.1. The molecule has 3 aromatic carbocycles. The molecule has 0 radical (unpaired) electrons. The molecule has 38 heavy (non-hydrogen) atoms. The maximum absolute atomic E-state index is 15.0. The van der Waals surface area contributed by atoms with Crippen molar-refractivity contribution in [2.45, 2.75) is 77.7 Å². The van der Waals surface area contributed by atoms with Gasteiger partial charge in [0.1, 0.15) is 23.9 Å². The highest BCUT2D eigenvalue weighted by Crippen LogP contribution is 2.51. The van der Waals surface area contributed by atoms with Crippen LogP contribution in [0.3, 0.4) is 0 Å². The molecule has 0 aliphatic heterocycles. The van der Waals surface area contributed by atoms with Crippen molar-refractivity contribution in [1.82, 2.24) is 0 Å². The van der Waals surface area contributed by atoms with Gasteiger partial charge in [0, 0.05) is 11.0 Å². The van der Waals surface area contributed by atoms with Crippen molar-refractivity contribution in [3.8, 4) is 22.6 Å². The molecule has 0 aromatic heterocycles. The average Bonchev–Trinajstić information content (AvgIpc) is 3.26. The van der Waals surface area contributed by atoms with Gasteiger partial charge in [0.15, 0.2) is 0 Å². The van der Waals surface area contributed by atoms with Gasteiger partial charge in [0.25, 0.3) is 0 Å². The van der Waals surface area contributed by atoms with Crippen LogP contribution in [0.2, 0.25) is 0 Å². The van der Waals surface area contributed by atoms with Gasteiger partial charge in [0.05, 0.1) is 13.5 Å². The fourth-order valence-electron chi connectivity index (χ4n) is 5.87. The summed E-state index contributed by atoms with van der Waals surface area (Å²) >= 11 is 0. The zero-order valence-corrected chi connectivity index (χ0v) is 23.1. The van der Waals surface area contributed by atoms with Crippen molar-refractivity contribution < 1.29 is 23.8 Å². The van der Waals surface area contributed by atoms with Crippen LogP contribution in [0.15, 0.2) is 60.7 Å². The molecule has 2 atom stereocenters. The van der Waals surface area contributed by atoms with Gasteiger partial charge in [-0.25, -0.2) is 4.39 Å². The first kappa shape index (κ1) is 27.7. The number of carbonyl (C=O) groups is 1. The zero-order chi connectivity index (χ0) is 27.5. The average molecular weight is 519 g/mol. The number of carboxylic acid groups (broad SMARTS) is 1. The lowest BCUT2D eigenvalue weighted by atomic mass is 9.75. The van der Waals surface area contributed by atoms with Crippen LogP contribution in [-0.2, 0) is 16.8 Å². The van der Waals surface area contributed by atoms with E-state index in [4.69, 9.17) is 9.47 Å². The smallest absolute Gasteiger partial charge is 0.304 e. The molecule has 202 valence electrons. The maximum Gasteiger partial charge on any atom is 0.304 e.